The molecule has 7 rings (SSSR count). The van der Waals surface area contributed by atoms with Gasteiger partial charge in [0.2, 0.25) is 0 Å². The van der Waals surface area contributed by atoms with Crippen LogP contribution in [0.4, 0.5) is 0 Å². The number of amides is 1. The van der Waals surface area contributed by atoms with Crippen LogP contribution < -0.4 is 10.0 Å². The molecule has 1 N–H and O–H groups in total. The lowest BCUT2D eigenvalue weighted by molar-refractivity contribution is -0.159. The normalized spacial score (nSPS) is 14.3. The van der Waals surface area contributed by atoms with Gasteiger partial charge in [-0.3, -0.25) is 13.8 Å². The highest BCUT2D eigenvalue weighted by Gasteiger charge is 2.44. The van der Waals surface area contributed by atoms with Crippen LogP contribution >= 0.6 is 19.2 Å². The minimum absolute atomic E-state index is 0.0677. The third kappa shape index (κ3) is 15.3. The van der Waals surface area contributed by atoms with Gasteiger partial charge in [0, 0.05) is 50.4 Å². The second kappa shape index (κ2) is 24.3. The van der Waals surface area contributed by atoms with E-state index in [1.54, 1.807) is 65.8 Å². The molecule has 1 saturated heterocycles. The van der Waals surface area contributed by atoms with Crippen molar-refractivity contribution in [2.75, 3.05) is 32.5 Å². The maximum Gasteiger partial charge on any atom is 0.531 e. The van der Waals surface area contributed by atoms with Crippen molar-refractivity contribution in [2.45, 2.75) is 102 Å². The van der Waals surface area contributed by atoms with Crippen molar-refractivity contribution in [3.63, 3.8) is 0 Å². The first-order valence-corrected chi connectivity index (χ1v) is 29.1. The zero-order chi connectivity index (χ0) is 53.9. The Bertz CT molecular complexity index is 3100. The van der Waals surface area contributed by atoms with E-state index in [1.165, 1.54) is 18.3 Å². The number of aromatic nitrogens is 1. The summed E-state index contributed by atoms with van der Waals surface area (Å²) in [5.74, 6) is 11.0. The number of nitrogens with one attached hydrogen (secondary N) is 1. The van der Waals surface area contributed by atoms with Gasteiger partial charge in [-0.15, -0.1) is 11.3 Å². The van der Waals surface area contributed by atoms with E-state index in [0.717, 1.165) is 59.3 Å². The highest BCUT2D eigenvalue weighted by atomic mass is 32.2. The molecule has 1 amide bonds. The summed E-state index contributed by atoms with van der Waals surface area (Å²) in [5.41, 5.74) is 4.80. The van der Waals surface area contributed by atoms with E-state index < -0.39 is 51.1 Å². The van der Waals surface area contributed by atoms with Crippen molar-refractivity contribution in [3.05, 3.63) is 166 Å². The zero-order valence-electron chi connectivity index (χ0n) is 43.9. The average molecular weight is 1070 g/mol. The fraction of sp³-hybridized carbons (Fsp3) is 0.373. The van der Waals surface area contributed by atoms with Gasteiger partial charge in [0.25, 0.3) is 5.91 Å². The Hall–Kier alpha value is -6.13. The zero-order valence-corrected chi connectivity index (χ0v) is 46.4. The van der Waals surface area contributed by atoms with Gasteiger partial charge in [-0.1, -0.05) is 121 Å². The number of ether oxygens (including phenoxy) is 1. The standard InChI is InChI=1S/C59H66N3O10PS2/c1-56(2,3)71-73(65,72-57(4,5)6)70-51-32-21-20-25-46(51)34-36-54(63)69-61-55(64)58(7,75(8,66)67)38-37-53-60-50-41-44(33-35-52(50)74-53)23-18-19-24-45-42-62(43-45)39-22-40-68-59(47-26-12-9-13-27-47,48-28-14-10-15-29-48)49-30-16-11-17-31-49/h9-17,20-21,25-33,35,41,45H,22,34,36-40,42-43H2,1-8H3,(H,61,64)/t58-/m1/s1. The largest absolute Gasteiger partial charge is 0.531 e. The number of nitrogens with zero attached hydrogens (tertiary/aromatic N) is 2. The Morgan fingerprint density at radius 3 is 1.92 bits per heavy atom. The van der Waals surface area contributed by atoms with Crippen LogP contribution in [0, 0.1) is 29.6 Å². The predicted molar refractivity (Wildman–Crippen MR) is 294 cm³/mol. The molecule has 5 aromatic carbocycles. The number of sulfone groups is 1. The van der Waals surface area contributed by atoms with Gasteiger partial charge in [0.15, 0.2) is 14.6 Å². The van der Waals surface area contributed by atoms with Crippen LogP contribution in [0.2, 0.25) is 0 Å². The number of hydrogen-bond acceptors (Lipinski definition) is 13. The molecular formula is C59H66N3O10PS2. The summed E-state index contributed by atoms with van der Waals surface area (Å²) in [5, 5.41) is 0.629. The Morgan fingerprint density at radius 1 is 0.773 bits per heavy atom. The van der Waals surface area contributed by atoms with E-state index in [9.17, 15) is 22.6 Å². The number of thiazole rings is 1. The molecule has 1 aliphatic rings. The lowest BCUT2D eigenvalue weighted by atomic mass is 9.80. The van der Waals surface area contributed by atoms with Gasteiger partial charge in [-0.25, -0.2) is 22.8 Å². The number of carbonyl (C=O) groups excluding carboxylic acids is 2. The second-order valence-corrected chi connectivity index (χ2v) is 25.7. The summed E-state index contributed by atoms with van der Waals surface area (Å²) >= 11 is 1.39. The molecule has 0 saturated carbocycles. The number of fused-ring (bicyclic) bond motifs is 1. The Kier molecular flexibility index (Phi) is 18.3. The number of likely N-dealkylation sites (tertiary alicyclic amines) is 1. The third-order valence-corrected chi connectivity index (χ3v) is 17.4. The van der Waals surface area contributed by atoms with E-state index in [4.69, 9.17) is 28.1 Å². The molecular weight excluding hydrogens is 1010 g/mol. The van der Waals surface area contributed by atoms with Crippen LogP contribution in [0.1, 0.15) is 101 Å². The molecule has 75 heavy (non-hydrogen) atoms. The van der Waals surface area contributed by atoms with E-state index in [-0.39, 0.29) is 37.4 Å². The molecule has 1 atom stereocenters. The molecule has 1 aromatic heterocycles. The molecule has 6 aromatic rings. The first-order valence-electron chi connectivity index (χ1n) is 25.0. The number of para-hydroxylation sites is 1. The fourth-order valence-corrected chi connectivity index (χ4v) is 12.2. The van der Waals surface area contributed by atoms with Crippen molar-refractivity contribution >= 4 is 51.1 Å². The summed E-state index contributed by atoms with van der Waals surface area (Å²) in [6, 6.07) is 43.6. The predicted octanol–water partition coefficient (Wildman–Crippen LogP) is 11.0. The summed E-state index contributed by atoms with van der Waals surface area (Å²) in [6.07, 6.45) is 1.71. The summed E-state index contributed by atoms with van der Waals surface area (Å²) < 4.78 is 63.3. The molecule has 16 heteroatoms. The third-order valence-electron chi connectivity index (χ3n) is 12.3. The number of phosphoric ester groups is 1. The number of benzene rings is 5. The summed E-state index contributed by atoms with van der Waals surface area (Å²) in [6.45, 7) is 14.9. The van der Waals surface area contributed by atoms with Crippen LogP contribution in [0.3, 0.4) is 0 Å². The van der Waals surface area contributed by atoms with E-state index in [1.807, 2.05) is 36.4 Å². The Labute approximate surface area is 446 Å². The van der Waals surface area contributed by atoms with Gasteiger partial charge in [0.05, 0.1) is 32.8 Å². The van der Waals surface area contributed by atoms with Crippen LogP contribution in [0.5, 0.6) is 5.75 Å². The Balaban J connectivity index is 0.881. The van der Waals surface area contributed by atoms with Gasteiger partial charge in [-0.2, -0.15) is 5.48 Å². The highest BCUT2D eigenvalue weighted by molar-refractivity contribution is 7.92. The maximum absolute atomic E-state index is 13.8. The van der Waals surface area contributed by atoms with Crippen molar-refractivity contribution in [3.8, 4) is 29.4 Å². The van der Waals surface area contributed by atoms with Crippen molar-refractivity contribution < 1.29 is 45.7 Å². The van der Waals surface area contributed by atoms with Crippen molar-refractivity contribution in [1.29, 1.82) is 0 Å². The quantitative estimate of drug-likeness (QED) is 0.0254. The van der Waals surface area contributed by atoms with Crippen LogP contribution in [-0.4, -0.2) is 78.6 Å². The molecule has 0 radical (unpaired) electrons. The monoisotopic (exact) mass is 1070 g/mol. The number of aryl methyl sites for hydroxylation is 2. The van der Waals surface area contributed by atoms with Gasteiger partial charge in [0.1, 0.15) is 11.4 Å². The number of phosphoric acid groups is 1. The van der Waals surface area contributed by atoms with Gasteiger partial charge >= 0.3 is 13.8 Å². The van der Waals surface area contributed by atoms with Gasteiger partial charge in [-0.05, 0) is 126 Å². The number of hydrogen-bond donors (Lipinski definition) is 1. The fourth-order valence-electron chi connectivity index (χ4n) is 8.49. The Morgan fingerprint density at radius 2 is 1.35 bits per heavy atom. The molecule has 0 aliphatic carbocycles. The van der Waals surface area contributed by atoms with Crippen molar-refractivity contribution in [2.24, 2.45) is 5.92 Å². The lowest BCUT2D eigenvalue weighted by Gasteiger charge is -2.38. The van der Waals surface area contributed by atoms with Gasteiger partial charge < -0.3 is 19.0 Å². The van der Waals surface area contributed by atoms with Crippen LogP contribution in [0.15, 0.2) is 133 Å². The average Bonchev–Trinajstić information content (AvgIpc) is 3.76. The van der Waals surface area contributed by atoms with Crippen LogP contribution in [-0.2, 0) is 61.1 Å². The SMILES string of the molecule is CC(C)(C)OP(=O)(Oc1ccccc1CCC(=O)ONC(=O)[C@@](C)(CCc1nc2cc(C#CC#CC3CN(CCCOC(c4ccccc4)(c4ccccc4)c4ccccc4)C3)ccc2s1)S(C)(=O)=O)OC(C)(C)C. The number of rotatable bonds is 20. The first kappa shape index (κ1) is 56.6. The lowest BCUT2D eigenvalue weighted by Crippen LogP contribution is -2.50. The molecule has 2 heterocycles. The topological polar surface area (TPSA) is 160 Å². The molecule has 1 fully saturated rings. The van der Waals surface area contributed by atoms with E-state index in [0.29, 0.717) is 22.7 Å². The van der Waals surface area contributed by atoms with E-state index in [2.05, 4.69) is 107 Å². The molecule has 394 valence electrons. The summed E-state index contributed by atoms with van der Waals surface area (Å²) in [7, 11) is -8.15. The second-order valence-electron chi connectivity index (χ2n) is 20.7. The summed E-state index contributed by atoms with van der Waals surface area (Å²) in [4.78, 5) is 38.6. The molecule has 0 spiro atoms. The molecule has 0 bridgehead atoms. The maximum atomic E-state index is 13.8. The van der Waals surface area contributed by atoms with Crippen LogP contribution in [0.25, 0.3) is 10.2 Å². The highest BCUT2D eigenvalue weighted by Crippen LogP contribution is 2.55. The smallest absolute Gasteiger partial charge is 0.404 e. The number of hydroxylamine groups is 1. The minimum atomic E-state index is -4.14. The minimum Gasteiger partial charge on any atom is -0.404 e. The molecule has 1 aliphatic heterocycles. The number of carbonyl (C=O) groups is 2. The van der Waals surface area contributed by atoms with Crippen molar-refractivity contribution in [1.82, 2.24) is 15.4 Å². The van der Waals surface area contributed by atoms with E-state index >= 15 is 0 Å². The molecule has 13 nitrogen and oxygen atoms in total. The molecule has 0 unspecified atom stereocenters. The first-order chi connectivity index (χ1) is 35.5.